The molecule has 1 aromatic carbocycles. The van der Waals surface area contributed by atoms with Crippen LogP contribution in [0, 0.1) is 5.92 Å². The Balaban J connectivity index is 2.38. The van der Waals surface area contributed by atoms with Crippen LogP contribution in [0.2, 0.25) is 0 Å². The molecule has 4 heteroatoms. The van der Waals surface area contributed by atoms with Crippen LogP contribution >= 0.6 is 11.8 Å². The number of aliphatic hydroxyl groups excluding tert-OH is 1. The van der Waals surface area contributed by atoms with Crippen LogP contribution in [0.5, 0.6) is 5.75 Å². The fourth-order valence-corrected chi connectivity index (χ4v) is 2.11. The highest BCUT2D eigenvalue weighted by Gasteiger charge is 2.07. The molecule has 1 rings (SSSR count). The molecule has 0 aromatic heterocycles. The van der Waals surface area contributed by atoms with Crippen molar-refractivity contribution in [2.45, 2.75) is 6.92 Å². The van der Waals surface area contributed by atoms with Crippen LogP contribution in [-0.4, -0.2) is 34.1 Å². The van der Waals surface area contributed by atoms with Gasteiger partial charge in [0, 0.05) is 12.2 Å². The molecular formula is C12H16O3S. The number of phenolic OH excluding ortho intramolecular Hbond substituents is 1. The molecule has 0 saturated carbocycles. The van der Waals surface area contributed by atoms with Crippen LogP contribution in [0.15, 0.2) is 24.3 Å². The summed E-state index contributed by atoms with van der Waals surface area (Å²) in [6.45, 7) is 2.10. The van der Waals surface area contributed by atoms with Gasteiger partial charge in [0.25, 0.3) is 0 Å². The zero-order valence-corrected chi connectivity index (χ0v) is 10.0. The highest BCUT2D eigenvalue weighted by molar-refractivity contribution is 7.99. The van der Waals surface area contributed by atoms with E-state index in [0.717, 1.165) is 5.75 Å². The fraction of sp³-hybridized carbons (Fsp3) is 0.417. The van der Waals surface area contributed by atoms with Crippen molar-refractivity contribution < 1.29 is 15.0 Å². The molecule has 0 fully saturated rings. The van der Waals surface area contributed by atoms with Crippen molar-refractivity contribution >= 4 is 17.5 Å². The maximum absolute atomic E-state index is 11.7. The van der Waals surface area contributed by atoms with E-state index in [0.29, 0.717) is 11.3 Å². The Morgan fingerprint density at radius 3 is 2.56 bits per heavy atom. The standard InChI is InChI=1S/C12H16O3S/c1-9(6-13)7-16-8-12(15)10-2-4-11(14)5-3-10/h2-5,9,13-14H,6-8H2,1H3. The van der Waals surface area contributed by atoms with E-state index in [-0.39, 0.29) is 24.1 Å². The third kappa shape index (κ3) is 4.24. The van der Waals surface area contributed by atoms with Crippen molar-refractivity contribution in [3.05, 3.63) is 29.8 Å². The van der Waals surface area contributed by atoms with Crippen molar-refractivity contribution in [3.8, 4) is 5.75 Å². The number of rotatable bonds is 6. The molecule has 3 nitrogen and oxygen atoms in total. The summed E-state index contributed by atoms with van der Waals surface area (Å²) in [4.78, 5) is 11.7. The molecule has 88 valence electrons. The van der Waals surface area contributed by atoms with Crippen molar-refractivity contribution in [2.75, 3.05) is 18.1 Å². The maximum Gasteiger partial charge on any atom is 0.172 e. The first-order chi connectivity index (χ1) is 7.63. The van der Waals surface area contributed by atoms with Crippen molar-refractivity contribution in [1.29, 1.82) is 0 Å². The number of Topliss-reactive ketones (excluding diaryl/α,β-unsaturated/α-hetero) is 1. The fourth-order valence-electron chi connectivity index (χ4n) is 1.14. The summed E-state index contributed by atoms with van der Waals surface area (Å²) < 4.78 is 0. The number of phenols is 1. The number of hydrogen-bond acceptors (Lipinski definition) is 4. The van der Waals surface area contributed by atoms with E-state index in [1.165, 1.54) is 23.9 Å². The summed E-state index contributed by atoms with van der Waals surface area (Å²) in [6.07, 6.45) is 0. The predicted octanol–water partition coefficient (Wildman–Crippen LogP) is 1.94. The van der Waals surface area contributed by atoms with Gasteiger partial charge in [-0.05, 0) is 35.9 Å². The summed E-state index contributed by atoms with van der Waals surface area (Å²) in [6, 6.07) is 6.25. The second kappa shape index (κ2) is 6.55. The second-order valence-corrected chi connectivity index (χ2v) is 4.80. The number of thioether (sulfide) groups is 1. The average Bonchev–Trinajstić information content (AvgIpc) is 2.29. The second-order valence-electron chi connectivity index (χ2n) is 3.77. The third-order valence-electron chi connectivity index (χ3n) is 2.14. The molecule has 2 N–H and O–H groups in total. The van der Waals surface area contributed by atoms with Gasteiger partial charge in [-0.2, -0.15) is 11.8 Å². The highest BCUT2D eigenvalue weighted by Crippen LogP contribution is 2.14. The van der Waals surface area contributed by atoms with Crippen LogP contribution in [-0.2, 0) is 0 Å². The zero-order chi connectivity index (χ0) is 12.0. The Morgan fingerprint density at radius 2 is 2.00 bits per heavy atom. The van der Waals surface area contributed by atoms with E-state index in [9.17, 15) is 4.79 Å². The molecule has 0 amide bonds. The Morgan fingerprint density at radius 1 is 1.38 bits per heavy atom. The quantitative estimate of drug-likeness (QED) is 0.746. The van der Waals surface area contributed by atoms with Crippen LogP contribution in [0.1, 0.15) is 17.3 Å². The van der Waals surface area contributed by atoms with E-state index < -0.39 is 0 Å². The normalized spacial score (nSPS) is 12.4. The number of aliphatic hydroxyl groups is 1. The van der Waals surface area contributed by atoms with Crippen LogP contribution in [0.4, 0.5) is 0 Å². The summed E-state index contributed by atoms with van der Waals surface area (Å²) in [5.74, 6) is 1.63. The summed E-state index contributed by atoms with van der Waals surface area (Å²) in [5, 5.41) is 17.9. The Hall–Kier alpha value is -1.00. The molecule has 1 unspecified atom stereocenters. The first-order valence-corrected chi connectivity index (χ1v) is 6.29. The molecule has 1 aromatic rings. The molecule has 0 radical (unpaired) electrons. The minimum absolute atomic E-state index is 0.0511. The summed E-state index contributed by atoms with van der Waals surface area (Å²) in [5.41, 5.74) is 0.613. The van der Waals surface area contributed by atoms with E-state index in [1.54, 1.807) is 12.1 Å². The van der Waals surface area contributed by atoms with Crippen LogP contribution in [0.25, 0.3) is 0 Å². The Bertz CT molecular complexity index is 335. The number of ketones is 1. The molecule has 0 aliphatic carbocycles. The van der Waals surface area contributed by atoms with E-state index in [4.69, 9.17) is 10.2 Å². The van der Waals surface area contributed by atoms with Crippen molar-refractivity contribution in [2.24, 2.45) is 5.92 Å². The summed E-state index contributed by atoms with van der Waals surface area (Å²) >= 11 is 1.52. The zero-order valence-electron chi connectivity index (χ0n) is 9.22. The monoisotopic (exact) mass is 240 g/mol. The molecule has 0 aliphatic rings. The van der Waals surface area contributed by atoms with E-state index in [2.05, 4.69) is 0 Å². The van der Waals surface area contributed by atoms with Gasteiger partial charge in [0.2, 0.25) is 0 Å². The lowest BCUT2D eigenvalue weighted by Gasteiger charge is -2.06. The van der Waals surface area contributed by atoms with E-state index in [1.807, 2.05) is 6.92 Å². The molecule has 0 bridgehead atoms. The lowest BCUT2D eigenvalue weighted by Crippen LogP contribution is -2.08. The molecule has 0 saturated heterocycles. The number of benzene rings is 1. The van der Waals surface area contributed by atoms with Gasteiger partial charge in [0.15, 0.2) is 5.78 Å². The van der Waals surface area contributed by atoms with E-state index >= 15 is 0 Å². The van der Waals surface area contributed by atoms with Gasteiger partial charge in [-0.15, -0.1) is 0 Å². The van der Waals surface area contributed by atoms with Gasteiger partial charge < -0.3 is 10.2 Å². The Labute approximate surface area is 99.5 Å². The van der Waals surface area contributed by atoms with Crippen LogP contribution < -0.4 is 0 Å². The molecule has 0 spiro atoms. The van der Waals surface area contributed by atoms with Gasteiger partial charge in [-0.1, -0.05) is 6.92 Å². The largest absolute Gasteiger partial charge is 0.508 e. The van der Waals surface area contributed by atoms with Crippen molar-refractivity contribution in [1.82, 2.24) is 0 Å². The minimum atomic E-state index is 0.0511. The molecule has 1 atom stereocenters. The lowest BCUT2D eigenvalue weighted by molar-refractivity contribution is 0.102. The van der Waals surface area contributed by atoms with Gasteiger partial charge in [-0.3, -0.25) is 4.79 Å². The van der Waals surface area contributed by atoms with Gasteiger partial charge in [0.05, 0.1) is 5.75 Å². The number of carbonyl (C=O) groups excluding carboxylic acids is 1. The first-order valence-electron chi connectivity index (χ1n) is 5.14. The van der Waals surface area contributed by atoms with Gasteiger partial charge in [0.1, 0.15) is 5.75 Å². The van der Waals surface area contributed by atoms with Gasteiger partial charge >= 0.3 is 0 Å². The summed E-state index contributed by atoms with van der Waals surface area (Å²) in [7, 11) is 0. The first kappa shape index (κ1) is 13.1. The number of carbonyl (C=O) groups is 1. The smallest absolute Gasteiger partial charge is 0.172 e. The molecular weight excluding hydrogens is 224 g/mol. The topological polar surface area (TPSA) is 57.5 Å². The SMILES string of the molecule is CC(CO)CSCC(=O)c1ccc(O)cc1. The number of hydrogen-bond donors (Lipinski definition) is 2. The molecule has 0 heterocycles. The average molecular weight is 240 g/mol. The predicted molar refractivity (Wildman–Crippen MR) is 66.0 cm³/mol. The third-order valence-corrected chi connectivity index (χ3v) is 3.41. The number of aromatic hydroxyl groups is 1. The highest BCUT2D eigenvalue weighted by atomic mass is 32.2. The molecule has 16 heavy (non-hydrogen) atoms. The van der Waals surface area contributed by atoms with Crippen molar-refractivity contribution in [3.63, 3.8) is 0 Å². The maximum atomic E-state index is 11.7. The minimum Gasteiger partial charge on any atom is -0.508 e. The van der Waals surface area contributed by atoms with Gasteiger partial charge in [-0.25, -0.2) is 0 Å². The van der Waals surface area contributed by atoms with Crippen LogP contribution in [0.3, 0.4) is 0 Å². The molecule has 0 aliphatic heterocycles. The Kier molecular flexibility index (Phi) is 5.35. The lowest BCUT2D eigenvalue weighted by atomic mass is 10.1.